The van der Waals surface area contributed by atoms with Crippen molar-refractivity contribution >= 4 is 0 Å². The van der Waals surface area contributed by atoms with Crippen LogP contribution < -0.4 is 0 Å². The second-order valence-electron chi connectivity index (χ2n) is 9.23. The van der Waals surface area contributed by atoms with Crippen LogP contribution in [0.4, 0.5) is 0 Å². The Balaban J connectivity index is 1.75. The normalized spacial score (nSPS) is 51.5. The molecule has 0 radical (unpaired) electrons. The number of rotatable bonds is 7. The summed E-state index contributed by atoms with van der Waals surface area (Å²) in [4.78, 5) is 0. The molecule has 0 aromatic heterocycles. The highest BCUT2D eigenvalue weighted by atomic mass is 16.7. The fraction of sp³-hybridized carbons (Fsp3) is 1.00. The zero-order valence-electron chi connectivity index (χ0n) is 19.6. The van der Waals surface area contributed by atoms with Gasteiger partial charge in [0.15, 0.2) is 12.6 Å². The van der Waals surface area contributed by atoms with Gasteiger partial charge in [0.1, 0.15) is 42.7 Å². The summed E-state index contributed by atoms with van der Waals surface area (Å²) in [5, 5.41) is 62.9. The first-order chi connectivity index (χ1) is 15.6. The second-order valence-corrected chi connectivity index (χ2v) is 9.23. The van der Waals surface area contributed by atoms with Gasteiger partial charge in [0, 0.05) is 6.42 Å². The highest BCUT2D eigenvalue weighted by molar-refractivity contribution is 4.95. The van der Waals surface area contributed by atoms with Crippen LogP contribution in [0, 0.1) is 0 Å². The van der Waals surface area contributed by atoms with Crippen molar-refractivity contribution in [1.82, 2.24) is 0 Å². The van der Waals surface area contributed by atoms with Gasteiger partial charge in [0.2, 0.25) is 0 Å². The number of aliphatic hydroxyl groups is 6. The average molecular weight is 481 g/mol. The molecule has 11 heteroatoms. The molecule has 194 valence electrons. The topological polar surface area (TPSA) is 168 Å². The Morgan fingerprint density at radius 3 is 1.79 bits per heavy atom. The van der Waals surface area contributed by atoms with Gasteiger partial charge in [0.05, 0.1) is 30.5 Å². The van der Waals surface area contributed by atoms with Gasteiger partial charge in [-0.3, -0.25) is 0 Å². The van der Waals surface area contributed by atoms with E-state index in [2.05, 4.69) is 0 Å². The highest BCUT2D eigenvalue weighted by Gasteiger charge is 2.51. The van der Waals surface area contributed by atoms with Crippen LogP contribution in [0.15, 0.2) is 0 Å². The minimum absolute atomic E-state index is 0.113. The van der Waals surface area contributed by atoms with E-state index in [9.17, 15) is 30.6 Å². The Kier molecular flexibility index (Phi) is 9.49. The summed E-state index contributed by atoms with van der Waals surface area (Å²) < 4.78 is 28.9. The van der Waals surface area contributed by atoms with Crippen LogP contribution in [0.2, 0.25) is 0 Å². The molecule has 0 aromatic carbocycles. The Hall–Kier alpha value is -0.440. The molecule has 3 aliphatic heterocycles. The molecule has 0 aromatic rings. The molecule has 3 aliphatic rings. The molecular formula is C22H40O11. The summed E-state index contributed by atoms with van der Waals surface area (Å²) in [6.07, 6.45) is -12.9. The molecule has 7 unspecified atom stereocenters. The van der Waals surface area contributed by atoms with E-state index in [0.717, 1.165) is 6.42 Å². The number of ether oxygens (including phenoxy) is 5. The van der Waals surface area contributed by atoms with E-state index < -0.39 is 79.7 Å². The molecule has 0 spiro atoms. The first-order valence-electron chi connectivity index (χ1n) is 12.0. The fourth-order valence-electron chi connectivity index (χ4n) is 4.75. The molecule has 14 atom stereocenters. The molecule has 3 rings (SSSR count). The van der Waals surface area contributed by atoms with Gasteiger partial charge in [-0.25, -0.2) is 0 Å². The summed E-state index contributed by atoms with van der Waals surface area (Å²) in [6, 6.07) is 0. The van der Waals surface area contributed by atoms with Crippen molar-refractivity contribution in [3.05, 3.63) is 0 Å². The fourth-order valence-corrected chi connectivity index (χ4v) is 4.75. The Morgan fingerprint density at radius 1 is 0.636 bits per heavy atom. The summed E-state index contributed by atoms with van der Waals surface area (Å²) in [5.41, 5.74) is 0. The van der Waals surface area contributed by atoms with Gasteiger partial charge >= 0.3 is 0 Å². The Labute approximate surface area is 194 Å². The lowest BCUT2D eigenvalue weighted by Crippen LogP contribution is -2.64. The third-order valence-corrected chi connectivity index (χ3v) is 6.93. The zero-order chi connectivity index (χ0) is 24.4. The second kappa shape index (κ2) is 11.5. The molecule has 3 fully saturated rings. The average Bonchev–Trinajstić information content (AvgIpc) is 2.80. The van der Waals surface area contributed by atoms with E-state index >= 15 is 0 Å². The molecule has 33 heavy (non-hydrogen) atoms. The van der Waals surface area contributed by atoms with E-state index in [1.807, 2.05) is 6.92 Å². The lowest BCUT2D eigenvalue weighted by molar-refractivity contribution is -0.366. The van der Waals surface area contributed by atoms with E-state index in [1.165, 1.54) is 0 Å². The molecule has 0 aliphatic carbocycles. The van der Waals surface area contributed by atoms with Crippen LogP contribution >= 0.6 is 0 Å². The smallest absolute Gasteiger partial charge is 0.187 e. The van der Waals surface area contributed by atoms with Crippen molar-refractivity contribution in [3.8, 4) is 0 Å². The van der Waals surface area contributed by atoms with Crippen molar-refractivity contribution in [2.24, 2.45) is 0 Å². The molecule has 0 saturated carbocycles. The summed E-state index contributed by atoms with van der Waals surface area (Å²) in [5.74, 6) is 0. The standard InChI is InChI=1S/C22H40O11/c1-5-10-8-13(14(23)9(4)29-10)32-22-19(28)20(16(25)12(7-3)31-22)33-21-18(27)17(26)15(24)11(6-2)30-21/h9-28H,5-8H2,1-4H3/t9?,10?,11?,12?,13-,14?,15-,16-,17-,18?,19?,20-,21-,22-/m0/s1. The van der Waals surface area contributed by atoms with Crippen molar-refractivity contribution in [2.45, 2.75) is 139 Å². The minimum atomic E-state index is -1.59. The summed E-state index contributed by atoms with van der Waals surface area (Å²) in [6.45, 7) is 7.25. The monoisotopic (exact) mass is 480 g/mol. The minimum Gasteiger partial charge on any atom is -0.388 e. The maximum absolute atomic E-state index is 11.0. The zero-order valence-corrected chi connectivity index (χ0v) is 19.6. The van der Waals surface area contributed by atoms with Crippen molar-refractivity contribution < 1.29 is 54.3 Å². The number of hydrogen-bond acceptors (Lipinski definition) is 11. The maximum Gasteiger partial charge on any atom is 0.187 e. The van der Waals surface area contributed by atoms with Crippen LogP contribution in [0.1, 0.15) is 53.4 Å². The van der Waals surface area contributed by atoms with Crippen molar-refractivity contribution in [2.75, 3.05) is 0 Å². The van der Waals surface area contributed by atoms with Gasteiger partial charge in [-0.05, 0) is 26.2 Å². The van der Waals surface area contributed by atoms with Crippen molar-refractivity contribution in [1.29, 1.82) is 0 Å². The SMILES string of the molecule is CCC1C[C@H](O[C@@H]2OC(CC)[C@H](O)[C@H](O[C@@H]3OC(CC)[C@H](O)[C@H](O)C3O)C2O)C(O)C(C)O1. The molecule has 6 N–H and O–H groups in total. The van der Waals surface area contributed by atoms with E-state index in [1.54, 1.807) is 20.8 Å². The van der Waals surface area contributed by atoms with Gasteiger partial charge in [-0.1, -0.05) is 20.8 Å². The van der Waals surface area contributed by atoms with E-state index in [4.69, 9.17) is 23.7 Å². The quantitative estimate of drug-likeness (QED) is 0.258. The predicted molar refractivity (Wildman–Crippen MR) is 113 cm³/mol. The van der Waals surface area contributed by atoms with E-state index in [0.29, 0.717) is 19.3 Å². The highest BCUT2D eigenvalue weighted by Crippen LogP contribution is 2.33. The number of aliphatic hydroxyl groups excluding tert-OH is 6. The first kappa shape index (κ1) is 27.2. The van der Waals surface area contributed by atoms with Crippen LogP contribution in [-0.2, 0) is 23.7 Å². The van der Waals surface area contributed by atoms with Gasteiger partial charge in [-0.2, -0.15) is 0 Å². The lowest BCUT2D eigenvalue weighted by Gasteiger charge is -2.47. The van der Waals surface area contributed by atoms with Crippen LogP contribution in [0.5, 0.6) is 0 Å². The van der Waals surface area contributed by atoms with Crippen molar-refractivity contribution in [3.63, 3.8) is 0 Å². The lowest BCUT2D eigenvalue weighted by atomic mass is 9.94. The van der Waals surface area contributed by atoms with E-state index in [-0.39, 0.29) is 6.10 Å². The molecule has 3 saturated heterocycles. The van der Waals surface area contributed by atoms with Crippen LogP contribution in [0.3, 0.4) is 0 Å². The molecule has 0 bridgehead atoms. The summed E-state index contributed by atoms with van der Waals surface area (Å²) >= 11 is 0. The van der Waals surface area contributed by atoms with Gasteiger partial charge in [0.25, 0.3) is 0 Å². The first-order valence-corrected chi connectivity index (χ1v) is 12.0. The molecular weight excluding hydrogens is 440 g/mol. The van der Waals surface area contributed by atoms with Crippen LogP contribution in [0.25, 0.3) is 0 Å². The molecule has 3 heterocycles. The Bertz CT molecular complexity index is 607. The third-order valence-electron chi connectivity index (χ3n) is 6.93. The number of hydrogen-bond donors (Lipinski definition) is 6. The largest absolute Gasteiger partial charge is 0.388 e. The maximum atomic E-state index is 11.0. The predicted octanol–water partition coefficient (Wildman–Crippen LogP) is -1.22. The van der Waals surface area contributed by atoms with Gasteiger partial charge < -0.3 is 54.3 Å². The van der Waals surface area contributed by atoms with Crippen LogP contribution in [-0.4, -0.2) is 116 Å². The van der Waals surface area contributed by atoms with Gasteiger partial charge in [-0.15, -0.1) is 0 Å². The summed E-state index contributed by atoms with van der Waals surface area (Å²) in [7, 11) is 0. The Morgan fingerprint density at radius 2 is 1.21 bits per heavy atom. The third kappa shape index (κ3) is 5.70. The molecule has 11 nitrogen and oxygen atoms in total. The molecule has 0 amide bonds.